The highest BCUT2D eigenvalue weighted by molar-refractivity contribution is 6.30. The summed E-state index contributed by atoms with van der Waals surface area (Å²) in [6.45, 7) is 0.802. The van der Waals surface area contributed by atoms with Crippen LogP contribution in [0.4, 0.5) is 0 Å². The van der Waals surface area contributed by atoms with Crippen LogP contribution < -0.4 is 15.4 Å². The number of carbonyl (C=O) groups excluding carboxylic acids is 1. The average molecular weight is 323 g/mol. The fraction of sp³-hybridized carbons (Fsp3) is 0.333. The van der Waals surface area contributed by atoms with Crippen LogP contribution in [0.25, 0.3) is 0 Å². The molecule has 1 aromatic heterocycles. The molecule has 0 aliphatic carbocycles. The van der Waals surface area contributed by atoms with E-state index in [4.69, 9.17) is 16.3 Å². The van der Waals surface area contributed by atoms with Gasteiger partial charge in [0.15, 0.2) is 0 Å². The van der Waals surface area contributed by atoms with E-state index in [-0.39, 0.29) is 5.91 Å². The van der Waals surface area contributed by atoms with Gasteiger partial charge in [-0.1, -0.05) is 11.6 Å². The zero-order valence-electron chi connectivity index (χ0n) is 12.5. The largest absolute Gasteiger partial charge is 0.492 e. The van der Waals surface area contributed by atoms with Crippen molar-refractivity contribution in [3.63, 3.8) is 0 Å². The first kappa shape index (κ1) is 16.3. The van der Waals surface area contributed by atoms with Gasteiger partial charge in [0, 0.05) is 23.8 Å². The van der Waals surface area contributed by atoms with Crippen LogP contribution in [0.5, 0.6) is 5.75 Å². The van der Waals surface area contributed by atoms with Crippen LogP contribution >= 0.6 is 11.6 Å². The highest BCUT2D eigenvalue weighted by Crippen LogP contribution is 2.15. The van der Waals surface area contributed by atoms with Crippen molar-refractivity contribution in [2.75, 3.05) is 20.2 Å². The molecule has 2 N–H and O–H groups in total. The molecule has 22 heavy (non-hydrogen) atoms. The number of rotatable bonds is 7. The summed E-state index contributed by atoms with van der Waals surface area (Å²) in [5.41, 5.74) is 0.820. The number of hydrogen-bond acceptors (Lipinski definition) is 4. The van der Waals surface area contributed by atoms with Gasteiger partial charge in [0.25, 0.3) is 0 Å². The number of amides is 1. The van der Waals surface area contributed by atoms with Gasteiger partial charge in [-0.2, -0.15) is 5.10 Å². The maximum atomic E-state index is 12.2. The quantitative estimate of drug-likeness (QED) is 0.759. The fourth-order valence-electron chi connectivity index (χ4n) is 2.01. The van der Waals surface area contributed by atoms with Crippen molar-refractivity contribution < 1.29 is 9.53 Å². The molecular formula is C15H19ClN4O2. The van der Waals surface area contributed by atoms with Crippen molar-refractivity contribution in [2.24, 2.45) is 7.05 Å². The summed E-state index contributed by atoms with van der Waals surface area (Å²) < 4.78 is 7.19. The summed E-state index contributed by atoms with van der Waals surface area (Å²) in [4.78, 5) is 12.2. The third-order valence-corrected chi connectivity index (χ3v) is 3.34. The standard InChI is InChI=1S/C15H19ClN4O2/c1-17-14(11-9-19-20(2)10-11)15(21)18-7-8-22-13-5-3-12(16)4-6-13/h3-6,9-10,14,17H,7-8H2,1-2H3,(H,18,21). The lowest BCUT2D eigenvalue weighted by molar-refractivity contribution is -0.123. The van der Waals surface area contributed by atoms with Gasteiger partial charge in [0.2, 0.25) is 5.91 Å². The molecule has 118 valence electrons. The molecular weight excluding hydrogens is 304 g/mol. The lowest BCUT2D eigenvalue weighted by atomic mass is 10.1. The monoisotopic (exact) mass is 322 g/mol. The summed E-state index contributed by atoms with van der Waals surface area (Å²) in [5, 5.41) is 10.5. The van der Waals surface area contributed by atoms with Gasteiger partial charge in [-0.05, 0) is 31.3 Å². The van der Waals surface area contributed by atoms with Crippen molar-refractivity contribution in [2.45, 2.75) is 6.04 Å². The van der Waals surface area contributed by atoms with Gasteiger partial charge in [-0.25, -0.2) is 0 Å². The van der Waals surface area contributed by atoms with Crippen LogP contribution in [0, 0.1) is 0 Å². The highest BCUT2D eigenvalue weighted by Gasteiger charge is 2.19. The maximum Gasteiger partial charge on any atom is 0.241 e. The number of carbonyl (C=O) groups is 1. The third kappa shape index (κ3) is 4.47. The van der Waals surface area contributed by atoms with Crippen LogP contribution in [-0.4, -0.2) is 35.9 Å². The molecule has 0 radical (unpaired) electrons. The van der Waals surface area contributed by atoms with E-state index in [1.165, 1.54) is 0 Å². The molecule has 2 rings (SSSR count). The molecule has 0 spiro atoms. The van der Waals surface area contributed by atoms with Crippen LogP contribution in [0.15, 0.2) is 36.7 Å². The zero-order chi connectivity index (χ0) is 15.9. The minimum atomic E-state index is -0.427. The molecule has 1 atom stereocenters. The van der Waals surface area contributed by atoms with Gasteiger partial charge in [0.05, 0.1) is 12.7 Å². The van der Waals surface area contributed by atoms with Gasteiger partial charge >= 0.3 is 0 Å². The van der Waals surface area contributed by atoms with Crippen molar-refractivity contribution in [3.05, 3.63) is 47.2 Å². The smallest absolute Gasteiger partial charge is 0.241 e. The van der Waals surface area contributed by atoms with E-state index >= 15 is 0 Å². The normalized spacial score (nSPS) is 12.0. The van der Waals surface area contributed by atoms with Gasteiger partial charge in [-0.3, -0.25) is 9.48 Å². The van der Waals surface area contributed by atoms with E-state index in [0.717, 1.165) is 11.3 Å². The molecule has 0 bridgehead atoms. The Kier molecular flexibility index (Phi) is 5.80. The summed E-state index contributed by atoms with van der Waals surface area (Å²) in [5.74, 6) is 0.603. The topological polar surface area (TPSA) is 68.2 Å². The highest BCUT2D eigenvalue weighted by atomic mass is 35.5. The van der Waals surface area contributed by atoms with E-state index in [2.05, 4.69) is 15.7 Å². The summed E-state index contributed by atoms with van der Waals surface area (Å²) in [7, 11) is 3.55. The molecule has 6 nitrogen and oxygen atoms in total. The van der Waals surface area contributed by atoms with Crippen LogP contribution in [-0.2, 0) is 11.8 Å². The lowest BCUT2D eigenvalue weighted by Crippen LogP contribution is -2.37. The second-order valence-electron chi connectivity index (χ2n) is 4.76. The second-order valence-corrected chi connectivity index (χ2v) is 5.20. The van der Waals surface area contributed by atoms with Crippen molar-refractivity contribution in [1.82, 2.24) is 20.4 Å². The number of halogens is 1. The molecule has 1 heterocycles. The number of likely N-dealkylation sites (N-methyl/N-ethyl adjacent to an activating group) is 1. The molecule has 0 saturated heterocycles. The van der Waals surface area contributed by atoms with Crippen molar-refractivity contribution in [1.29, 1.82) is 0 Å². The second kappa shape index (κ2) is 7.82. The predicted molar refractivity (Wildman–Crippen MR) is 85.0 cm³/mol. The van der Waals surface area contributed by atoms with Crippen LogP contribution in [0.3, 0.4) is 0 Å². The first-order valence-electron chi connectivity index (χ1n) is 6.92. The zero-order valence-corrected chi connectivity index (χ0v) is 13.3. The SMILES string of the molecule is CNC(C(=O)NCCOc1ccc(Cl)cc1)c1cnn(C)c1. The van der Waals surface area contributed by atoms with Gasteiger partial charge < -0.3 is 15.4 Å². The minimum absolute atomic E-state index is 0.116. The van der Waals surface area contributed by atoms with Crippen LogP contribution in [0.2, 0.25) is 5.02 Å². The van der Waals surface area contributed by atoms with E-state index in [1.807, 2.05) is 13.2 Å². The number of ether oxygens (including phenoxy) is 1. The average Bonchev–Trinajstić information content (AvgIpc) is 2.92. The number of aryl methyl sites for hydroxylation is 1. The molecule has 1 unspecified atom stereocenters. The molecule has 0 fully saturated rings. The Bertz CT molecular complexity index is 612. The number of aromatic nitrogens is 2. The van der Waals surface area contributed by atoms with E-state index in [9.17, 15) is 4.79 Å². The first-order valence-corrected chi connectivity index (χ1v) is 7.30. The third-order valence-electron chi connectivity index (χ3n) is 3.09. The predicted octanol–water partition coefficient (Wildman–Crippen LogP) is 1.53. The first-order chi connectivity index (χ1) is 10.6. The Morgan fingerprint density at radius 1 is 1.41 bits per heavy atom. The Hall–Kier alpha value is -2.05. The Labute approximate surface area is 134 Å². The van der Waals surface area contributed by atoms with Crippen molar-refractivity contribution in [3.8, 4) is 5.75 Å². The molecule has 7 heteroatoms. The van der Waals surface area contributed by atoms with E-state index in [0.29, 0.717) is 18.2 Å². The molecule has 0 saturated carbocycles. The maximum absolute atomic E-state index is 12.2. The fourth-order valence-corrected chi connectivity index (χ4v) is 2.14. The molecule has 1 aromatic carbocycles. The number of hydrogen-bond donors (Lipinski definition) is 2. The van der Waals surface area contributed by atoms with Crippen LogP contribution in [0.1, 0.15) is 11.6 Å². The Morgan fingerprint density at radius 2 is 2.14 bits per heavy atom. The van der Waals surface area contributed by atoms with Gasteiger partial charge in [-0.15, -0.1) is 0 Å². The van der Waals surface area contributed by atoms with E-state index in [1.54, 1.807) is 42.2 Å². The number of benzene rings is 1. The van der Waals surface area contributed by atoms with Crippen molar-refractivity contribution >= 4 is 17.5 Å². The summed E-state index contributed by atoms with van der Waals surface area (Å²) in [6.07, 6.45) is 3.48. The minimum Gasteiger partial charge on any atom is -0.492 e. The molecule has 0 aliphatic rings. The summed E-state index contributed by atoms with van der Waals surface area (Å²) >= 11 is 5.80. The summed E-state index contributed by atoms with van der Waals surface area (Å²) in [6, 6.07) is 6.67. The Balaban J connectivity index is 1.78. The molecule has 2 aromatic rings. The number of nitrogens with zero attached hydrogens (tertiary/aromatic N) is 2. The molecule has 0 aliphatic heterocycles. The van der Waals surface area contributed by atoms with Gasteiger partial charge in [0.1, 0.15) is 18.4 Å². The number of nitrogens with one attached hydrogen (secondary N) is 2. The Morgan fingerprint density at radius 3 is 2.73 bits per heavy atom. The molecule has 1 amide bonds. The lowest BCUT2D eigenvalue weighted by Gasteiger charge is -2.14. The van der Waals surface area contributed by atoms with E-state index < -0.39 is 6.04 Å².